The van der Waals surface area contributed by atoms with Crippen LogP contribution in [0.4, 0.5) is 0 Å². The maximum absolute atomic E-state index is 10.6. The Morgan fingerprint density at radius 1 is 0.882 bits per heavy atom. The van der Waals surface area contributed by atoms with E-state index in [-0.39, 0.29) is 5.56 Å². The molecule has 0 amide bonds. The third-order valence-corrected chi connectivity index (χ3v) is 2.16. The monoisotopic (exact) mass is 241 g/mol. The van der Waals surface area contributed by atoms with Gasteiger partial charge < -0.3 is 0 Å². The molecule has 0 N–H and O–H groups in total. The lowest BCUT2D eigenvalue weighted by atomic mass is 10.1. The molecule has 1 aromatic rings. The zero-order chi connectivity index (χ0) is 13.1. The number of benzene rings is 1. The topological polar surface area (TPSA) is 129 Å². The Balaban J connectivity index is 3.21. The van der Waals surface area contributed by atoms with E-state index in [1.54, 1.807) is 6.07 Å². The molecule has 0 fully saturated rings. The van der Waals surface area contributed by atoms with Gasteiger partial charge in [-0.05, 0) is 5.56 Å². The maximum Gasteiger partial charge on any atom is 0.703 e. The van der Waals surface area contributed by atoms with Crippen LogP contribution < -0.4 is 0 Å². The summed E-state index contributed by atoms with van der Waals surface area (Å²) in [6, 6.07) is 7.27. The molecule has 0 aliphatic carbocycles. The molecule has 9 heteroatoms. The molecule has 0 saturated carbocycles. The summed E-state index contributed by atoms with van der Waals surface area (Å²) in [6.07, 6.45) is -0.902. The van der Waals surface area contributed by atoms with Gasteiger partial charge in [-0.3, -0.25) is 30.3 Å². The Bertz CT molecular complexity index is 424. The lowest BCUT2D eigenvalue weighted by molar-refractivity contribution is -0.969. The molecular formula is C8H7N3O6. The van der Waals surface area contributed by atoms with Crippen molar-refractivity contribution in [2.75, 3.05) is 0 Å². The second kappa shape index (κ2) is 4.51. The Morgan fingerprint density at radius 3 is 1.65 bits per heavy atom. The van der Waals surface area contributed by atoms with Gasteiger partial charge in [0.25, 0.3) is 0 Å². The van der Waals surface area contributed by atoms with E-state index >= 15 is 0 Å². The van der Waals surface area contributed by atoms with Crippen LogP contribution in [-0.4, -0.2) is 20.6 Å². The molecule has 0 aliphatic heterocycles. The molecule has 90 valence electrons. The first-order valence-corrected chi connectivity index (χ1v) is 4.38. The second-order valence-corrected chi connectivity index (χ2v) is 3.21. The Labute approximate surface area is 94.1 Å². The lowest BCUT2D eigenvalue weighted by Gasteiger charge is -2.08. The quantitative estimate of drug-likeness (QED) is 0.424. The summed E-state index contributed by atoms with van der Waals surface area (Å²) in [5.41, 5.74) is 0.151. The summed E-state index contributed by atoms with van der Waals surface area (Å²) in [6.45, 7) is 0. The number of hydrogen-bond donors (Lipinski definition) is 0. The summed E-state index contributed by atoms with van der Waals surface area (Å²) >= 11 is 0. The number of hydrogen-bond acceptors (Lipinski definition) is 6. The first-order valence-electron chi connectivity index (χ1n) is 4.38. The van der Waals surface area contributed by atoms with Gasteiger partial charge in [-0.2, -0.15) is 0 Å². The minimum Gasteiger partial charge on any atom is -0.253 e. The molecular weight excluding hydrogens is 234 g/mol. The molecule has 0 bridgehead atoms. The summed E-state index contributed by atoms with van der Waals surface area (Å²) in [5, 5.41) is 31.9. The minimum absolute atomic E-state index is 0.151. The number of nitro groups is 3. The molecule has 0 spiro atoms. The molecule has 9 nitrogen and oxygen atoms in total. The van der Waals surface area contributed by atoms with E-state index in [0.717, 1.165) is 0 Å². The number of nitrogens with zero attached hydrogens (tertiary/aromatic N) is 3. The van der Waals surface area contributed by atoms with Crippen LogP contribution in [0.2, 0.25) is 0 Å². The summed E-state index contributed by atoms with van der Waals surface area (Å²) < 4.78 is 0. The zero-order valence-corrected chi connectivity index (χ0v) is 8.38. The normalized spacial score (nSPS) is 10.8. The molecule has 17 heavy (non-hydrogen) atoms. The molecule has 0 unspecified atom stereocenters. The average Bonchev–Trinajstić information content (AvgIpc) is 2.25. The van der Waals surface area contributed by atoms with E-state index < -0.39 is 27.0 Å². The predicted molar refractivity (Wildman–Crippen MR) is 53.9 cm³/mol. The maximum atomic E-state index is 10.6. The Morgan fingerprint density at radius 2 is 1.29 bits per heavy atom. The molecule has 0 saturated heterocycles. The average molecular weight is 241 g/mol. The standard InChI is InChI=1S/C8H7N3O6/c12-9(13)8(10(14)15,11(16)17)6-7-4-2-1-3-5-7/h1-5H,6H2. The van der Waals surface area contributed by atoms with Crippen molar-refractivity contribution in [3.05, 3.63) is 66.2 Å². The minimum atomic E-state index is -3.43. The van der Waals surface area contributed by atoms with Gasteiger partial charge in [0.2, 0.25) is 0 Å². The van der Waals surface area contributed by atoms with Crippen molar-refractivity contribution in [3.8, 4) is 0 Å². The van der Waals surface area contributed by atoms with Crippen LogP contribution in [-0.2, 0) is 6.42 Å². The third-order valence-electron chi connectivity index (χ3n) is 2.16. The highest BCUT2D eigenvalue weighted by atomic mass is 16.7. The lowest BCUT2D eigenvalue weighted by Crippen LogP contribution is -2.54. The van der Waals surface area contributed by atoms with Crippen molar-refractivity contribution < 1.29 is 14.8 Å². The molecule has 0 aliphatic rings. The van der Waals surface area contributed by atoms with E-state index in [0.29, 0.717) is 0 Å². The number of rotatable bonds is 5. The van der Waals surface area contributed by atoms with E-state index in [4.69, 9.17) is 0 Å². The van der Waals surface area contributed by atoms with Gasteiger partial charge in [0.15, 0.2) is 21.2 Å². The summed E-state index contributed by atoms with van der Waals surface area (Å²) in [4.78, 5) is 27.4. The fraction of sp³-hybridized carbons (Fsp3) is 0.250. The van der Waals surface area contributed by atoms with Crippen molar-refractivity contribution >= 4 is 0 Å². The smallest absolute Gasteiger partial charge is 0.253 e. The van der Waals surface area contributed by atoms with E-state index in [9.17, 15) is 30.3 Å². The van der Waals surface area contributed by atoms with Crippen molar-refractivity contribution in [1.82, 2.24) is 0 Å². The summed E-state index contributed by atoms with van der Waals surface area (Å²) in [5.74, 6) is -3.43. The fourth-order valence-corrected chi connectivity index (χ4v) is 1.26. The molecule has 0 atom stereocenters. The van der Waals surface area contributed by atoms with Gasteiger partial charge in [-0.15, -0.1) is 0 Å². The SMILES string of the molecule is O=[N+]([O-])C(Cc1ccccc1)([N+](=O)[O-])[N+](=O)[O-]. The third kappa shape index (κ3) is 2.17. The van der Waals surface area contributed by atoms with Crippen LogP contribution in [0.5, 0.6) is 0 Å². The molecule has 0 aromatic heterocycles. The highest BCUT2D eigenvalue weighted by molar-refractivity contribution is 5.15. The van der Waals surface area contributed by atoms with Gasteiger partial charge in [-0.1, -0.05) is 30.3 Å². The van der Waals surface area contributed by atoms with Crippen molar-refractivity contribution in [3.63, 3.8) is 0 Å². The molecule has 1 aromatic carbocycles. The Hall–Kier alpha value is -2.58. The van der Waals surface area contributed by atoms with E-state index in [1.165, 1.54) is 24.3 Å². The molecule has 1 rings (SSSR count). The predicted octanol–water partition coefficient (Wildman–Crippen LogP) is 0.713. The summed E-state index contributed by atoms with van der Waals surface area (Å²) in [7, 11) is 0. The van der Waals surface area contributed by atoms with Gasteiger partial charge in [0, 0.05) is 0 Å². The molecule has 0 radical (unpaired) electrons. The van der Waals surface area contributed by atoms with E-state index in [2.05, 4.69) is 0 Å². The highest BCUT2D eigenvalue weighted by Crippen LogP contribution is 2.19. The van der Waals surface area contributed by atoms with Crippen molar-refractivity contribution in [2.24, 2.45) is 0 Å². The fourth-order valence-electron chi connectivity index (χ4n) is 1.26. The van der Waals surface area contributed by atoms with Crippen LogP contribution in [0.1, 0.15) is 5.56 Å². The van der Waals surface area contributed by atoms with Gasteiger partial charge >= 0.3 is 5.79 Å². The van der Waals surface area contributed by atoms with Crippen LogP contribution in [0.15, 0.2) is 30.3 Å². The van der Waals surface area contributed by atoms with Crippen LogP contribution in [0.25, 0.3) is 0 Å². The highest BCUT2D eigenvalue weighted by Gasteiger charge is 2.70. The molecule has 0 heterocycles. The van der Waals surface area contributed by atoms with Crippen molar-refractivity contribution in [2.45, 2.75) is 12.2 Å². The second-order valence-electron chi connectivity index (χ2n) is 3.21. The zero-order valence-electron chi connectivity index (χ0n) is 8.38. The van der Waals surface area contributed by atoms with Gasteiger partial charge in [0.1, 0.15) is 0 Å². The van der Waals surface area contributed by atoms with Crippen LogP contribution in [0, 0.1) is 30.3 Å². The van der Waals surface area contributed by atoms with Gasteiger partial charge in [0.05, 0.1) is 0 Å². The van der Waals surface area contributed by atoms with Crippen LogP contribution >= 0.6 is 0 Å². The van der Waals surface area contributed by atoms with Gasteiger partial charge in [-0.25, -0.2) is 0 Å². The van der Waals surface area contributed by atoms with Crippen molar-refractivity contribution in [1.29, 1.82) is 0 Å². The Kier molecular flexibility index (Phi) is 3.31. The van der Waals surface area contributed by atoms with E-state index in [1.807, 2.05) is 0 Å². The largest absolute Gasteiger partial charge is 0.703 e. The van der Waals surface area contributed by atoms with Crippen LogP contribution in [0.3, 0.4) is 0 Å². The first kappa shape index (κ1) is 12.5. The first-order chi connectivity index (χ1) is 7.91.